The van der Waals surface area contributed by atoms with Crippen LogP contribution >= 0.6 is 0 Å². The van der Waals surface area contributed by atoms with Gasteiger partial charge in [0.2, 0.25) is 5.91 Å². The SMILES string of the molecule is CCOCCC(=O)N(C)Cc1ncn[nH]1. The highest BCUT2D eigenvalue weighted by Crippen LogP contribution is 1.97. The van der Waals surface area contributed by atoms with Crippen molar-refractivity contribution < 1.29 is 9.53 Å². The summed E-state index contributed by atoms with van der Waals surface area (Å²) in [6, 6.07) is 0. The lowest BCUT2D eigenvalue weighted by molar-refractivity contribution is -0.131. The van der Waals surface area contributed by atoms with Crippen LogP contribution in [0.1, 0.15) is 19.2 Å². The summed E-state index contributed by atoms with van der Waals surface area (Å²) in [7, 11) is 1.73. The lowest BCUT2D eigenvalue weighted by Gasteiger charge is -2.15. The maximum absolute atomic E-state index is 11.5. The number of carbonyl (C=O) groups is 1. The Kier molecular flexibility index (Phi) is 4.76. The second-order valence-corrected chi connectivity index (χ2v) is 3.13. The molecule has 0 bridgehead atoms. The number of carbonyl (C=O) groups excluding carboxylic acids is 1. The number of amides is 1. The molecule has 0 aromatic carbocycles. The van der Waals surface area contributed by atoms with Gasteiger partial charge in [0.1, 0.15) is 12.2 Å². The van der Waals surface area contributed by atoms with Crippen molar-refractivity contribution in [2.24, 2.45) is 0 Å². The third kappa shape index (κ3) is 4.07. The summed E-state index contributed by atoms with van der Waals surface area (Å²) >= 11 is 0. The monoisotopic (exact) mass is 212 g/mol. The number of ether oxygens (including phenoxy) is 1. The van der Waals surface area contributed by atoms with Crippen molar-refractivity contribution in [3.05, 3.63) is 12.2 Å². The van der Waals surface area contributed by atoms with E-state index < -0.39 is 0 Å². The van der Waals surface area contributed by atoms with Gasteiger partial charge in [0.05, 0.1) is 19.6 Å². The smallest absolute Gasteiger partial charge is 0.225 e. The highest BCUT2D eigenvalue weighted by Gasteiger charge is 2.09. The van der Waals surface area contributed by atoms with Gasteiger partial charge in [-0.3, -0.25) is 9.89 Å². The first-order valence-electron chi connectivity index (χ1n) is 4.90. The average molecular weight is 212 g/mol. The van der Waals surface area contributed by atoms with Crippen molar-refractivity contribution in [1.29, 1.82) is 0 Å². The summed E-state index contributed by atoms with van der Waals surface area (Å²) in [5, 5.41) is 6.42. The molecule has 1 aromatic rings. The van der Waals surface area contributed by atoms with Crippen molar-refractivity contribution in [1.82, 2.24) is 20.1 Å². The Balaban J connectivity index is 2.27. The van der Waals surface area contributed by atoms with E-state index in [1.807, 2.05) is 6.92 Å². The molecule has 1 rings (SSSR count). The molecule has 0 aliphatic carbocycles. The van der Waals surface area contributed by atoms with Crippen molar-refractivity contribution in [3.63, 3.8) is 0 Å². The Hall–Kier alpha value is -1.43. The van der Waals surface area contributed by atoms with Crippen molar-refractivity contribution in [2.75, 3.05) is 20.3 Å². The van der Waals surface area contributed by atoms with Crippen LogP contribution in [0.2, 0.25) is 0 Å². The highest BCUT2D eigenvalue weighted by molar-refractivity contribution is 5.75. The van der Waals surface area contributed by atoms with Crippen LogP contribution in [0, 0.1) is 0 Å². The molecule has 0 saturated heterocycles. The van der Waals surface area contributed by atoms with Gasteiger partial charge in [-0.05, 0) is 6.92 Å². The maximum atomic E-state index is 11.5. The van der Waals surface area contributed by atoms with Crippen molar-refractivity contribution >= 4 is 5.91 Å². The molecule has 0 radical (unpaired) electrons. The third-order valence-corrected chi connectivity index (χ3v) is 1.94. The Bertz CT molecular complexity index is 286. The molecule has 0 aliphatic heterocycles. The molecule has 0 unspecified atom stereocenters. The molecule has 15 heavy (non-hydrogen) atoms. The lowest BCUT2D eigenvalue weighted by Crippen LogP contribution is -2.27. The normalized spacial score (nSPS) is 10.3. The maximum Gasteiger partial charge on any atom is 0.225 e. The second-order valence-electron chi connectivity index (χ2n) is 3.13. The second kappa shape index (κ2) is 6.13. The Morgan fingerprint density at radius 3 is 3.07 bits per heavy atom. The van der Waals surface area contributed by atoms with Crippen molar-refractivity contribution in [2.45, 2.75) is 19.9 Å². The van der Waals surface area contributed by atoms with Crippen LogP contribution in [0.15, 0.2) is 6.33 Å². The minimum atomic E-state index is 0.0415. The number of rotatable bonds is 6. The third-order valence-electron chi connectivity index (χ3n) is 1.94. The summed E-state index contributed by atoms with van der Waals surface area (Å²) < 4.78 is 5.11. The first-order chi connectivity index (χ1) is 7.24. The van der Waals surface area contributed by atoms with Crippen LogP contribution in [-0.2, 0) is 16.1 Å². The Morgan fingerprint density at radius 1 is 1.67 bits per heavy atom. The fourth-order valence-corrected chi connectivity index (χ4v) is 1.11. The predicted molar refractivity (Wildman–Crippen MR) is 54.0 cm³/mol. The summed E-state index contributed by atoms with van der Waals surface area (Å²) in [5.41, 5.74) is 0. The number of aromatic nitrogens is 3. The van der Waals surface area contributed by atoms with Gasteiger partial charge in [-0.1, -0.05) is 0 Å². The van der Waals surface area contributed by atoms with E-state index in [9.17, 15) is 4.79 Å². The molecule has 1 amide bonds. The molecular weight excluding hydrogens is 196 g/mol. The topological polar surface area (TPSA) is 71.1 Å². The molecule has 6 nitrogen and oxygen atoms in total. The molecule has 1 aromatic heterocycles. The van der Waals surface area contributed by atoms with Crippen LogP contribution in [0.5, 0.6) is 0 Å². The molecule has 6 heteroatoms. The van der Waals surface area contributed by atoms with Crippen LogP contribution in [0.25, 0.3) is 0 Å². The molecule has 0 saturated carbocycles. The minimum Gasteiger partial charge on any atom is -0.381 e. The van der Waals surface area contributed by atoms with Crippen molar-refractivity contribution in [3.8, 4) is 0 Å². The molecule has 0 spiro atoms. The van der Waals surface area contributed by atoms with E-state index in [0.717, 1.165) is 0 Å². The summed E-state index contributed by atoms with van der Waals surface area (Å²) in [6.07, 6.45) is 1.83. The zero-order valence-corrected chi connectivity index (χ0v) is 9.06. The van der Waals surface area contributed by atoms with Crippen LogP contribution in [-0.4, -0.2) is 46.2 Å². The van der Waals surface area contributed by atoms with Gasteiger partial charge < -0.3 is 9.64 Å². The van der Waals surface area contributed by atoms with Gasteiger partial charge >= 0.3 is 0 Å². The van der Waals surface area contributed by atoms with Crippen LogP contribution in [0.3, 0.4) is 0 Å². The fraction of sp³-hybridized carbons (Fsp3) is 0.667. The van der Waals surface area contributed by atoms with E-state index in [0.29, 0.717) is 32.0 Å². The van der Waals surface area contributed by atoms with Gasteiger partial charge in [-0.25, -0.2) is 4.98 Å². The molecule has 0 atom stereocenters. The van der Waals surface area contributed by atoms with E-state index in [1.54, 1.807) is 11.9 Å². The number of aromatic amines is 1. The molecular formula is C9H16N4O2. The number of hydrogen-bond acceptors (Lipinski definition) is 4. The number of H-pyrrole nitrogens is 1. The largest absolute Gasteiger partial charge is 0.381 e. The zero-order chi connectivity index (χ0) is 11.1. The number of nitrogens with zero attached hydrogens (tertiary/aromatic N) is 3. The summed E-state index contributed by atoms with van der Waals surface area (Å²) in [4.78, 5) is 17.1. The van der Waals surface area contributed by atoms with E-state index in [2.05, 4.69) is 15.2 Å². The molecule has 1 heterocycles. The lowest BCUT2D eigenvalue weighted by atomic mass is 10.4. The quantitative estimate of drug-likeness (QED) is 0.683. The van der Waals surface area contributed by atoms with Crippen LogP contribution in [0.4, 0.5) is 0 Å². The minimum absolute atomic E-state index is 0.0415. The van der Waals surface area contributed by atoms with Gasteiger partial charge in [-0.2, -0.15) is 5.10 Å². The number of nitrogens with one attached hydrogen (secondary N) is 1. The number of hydrogen-bond donors (Lipinski definition) is 1. The van der Waals surface area contributed by atoms with E-state index in [1.165, 1.54) is 6.33 Å². The van der Waals surface area contributed by atoms with Gasteiger partial charge in [0.15, 0.2) is 0 Å². The standard InChI is InChI=1S/C9H16N4O2/c1-3-15-5-4-9(14)13(2)6-8-10-7-11-12-8/h7H,3-6H2,1-2H3,(H,10,11,12). The average Bonchev–Trinajstić information content (AvgIpc) is 2.70. The highest BCUT2D eigenvalue weighted by atomic mass is 16.5. The summed E-state index contributed by atoms with van der Waals surface area (Å²) in [6.45, 7) is 3.46. The van der Waals surface area contributed by atoms with E-state index in [-0.39, 0.29) is 5.91 Å². The molecule has 0 fully saturated rings. The Morgan fingerprint density at radius 2 is 2.47 bits per heavy atom. The molecule has 84 valence electrons. The van der Waals surface area contributed by atoms with Gasteiger partial charge in [0.25, 0.3) is 0 Å². The molecule has 0 aliphatic rings. The first-order valence-corrected chi connectivity index (χ1v) is 4.90. The summed E-state index contributed by atoms with van der Waals surface area (Å²) in [5.74, 6) is 0.724. The van der Waals surface area contributed by atoms with E-state index in [4.69, 9.17) is 4.74 Å². The Labute approximate surface area is 88.6 Å². The van der Waals surface area contributed by atoms with Crippen LogP contribution < -0.4 is 0 Å². The predicted octanol–water partition coefficient (Wildman–Crippen LogP) is 0.190. The molecule has 1 N–H and O–H groups in total. The zero-order valence-electron chi connectivity index (χ0n) is 9.06. The fourth-order valence-electron chi connectivity index (χ4n) is 1.11. The van der Waals surface area contributed by atoms with E-state index >= 15 is 0 Å². The van der Waals surface area contributed by atoms with Gasteiger partial charge in [0, 0.05) is 13.7 Å². The first kappa shape index (κ1) is 11.6. The van der Waals surface area contributed by atoms with Gasteiger partial charge in [-0.15, -0.1) is 0 Å².